The molecule has 0 radical (unpaired) electrons. The van der Waals surface area contributed by atoms with E-state index in [1.165, 1.54) is 4.70 Å². The van der Waals surface area contributed by atoms with Gasteiger partial charge in [-0.25, -0.2) is 4.98 Å². The number of hydrogen-bond acceptors (Lipinski definition) is 3. The summed E-state index contributed by atoms with van der Waals surface area (Å²) < 4.78 is 1.18. The van der Waals surface area contributed by atoms with Crippen molar-refractivity contribution in [2.45, 2.75) is 19.9 Å². The summed E-state index contributed by atoms with van der Waals surface area (Å²) in [6.45, 7) is 4.37. The number of hydrogen-bond donors (Lipinski definition) is 2. The van der Waals surface area contributed by atoms with E-state index in [2.05, 4.69) is 18.3 Å². The maximum atomic E-state index is 12.4. The number of likely N-dealkylation sites (N-methyl/N-ethyl adjacent to an activating group) is 1. The van der Waals surface area contributed by atoms with E-state index >= 15 is 0 Å². The quantitative estimate of drug-likeness (QED) is 0.718. The Labute approximate surface area is 156 Å². The number of carbonyl (C=O) groups excluding carboxylic acids is 1. The molecule has 130 valence electrons. The lowest BCUT2D eigenvalue weighted by molar-refractivity contribution is -0.902. The van der Waals surface area contributed by atoms with Gasteiger partial charge in [0.25, 0.3) is 5.91 Å². The molecule has 0 fully saturated rings. The molecule has 1 amide bonds. The highest BCUT2D eigenvalue weighted by Gasteiger charge is 2.22. The van der Waals surface area contributed by atoms with Gasteiger partial charge in [0.05, 0.1) is 17.3 Å². The van der Waals surface area contributed by atoms with Crippen LogP contribution < -0.4 is 10.2 Å². The summed E-state index contributed by atoms with van der Waals surface area (Å²) >= 11 is 7.80. The third-order valence-electron chi connectivity index (χ3n) is 4.40. The highest BCUT2D eigenvalue weighted by Crippen LogP contribution is 2.25. The molecule has 3 rings (SSSR count). The summed E-state index contributed by atoms with van der Waals surface area (Å²) in [4.78, 5) is 18.2. The van der Waals surface area contributed by atoms with Crippen LogP contribution in [0.4, 0.5) is 5.69 Å². The van der Waals surface area contributed by atoms with Crippen molar-refractivity contribution in [1.82, 2.24) is 4.98 Å². The minimum Gasteiger partial charge on any atom is -0.322 e. The van der Waals surface area contributed by atoms with E-state index in [4.69, 9.17) is 16.6 Å². The van der Waals surface area contributed by atoms with Crippen molar-refractivity contribution >= 4 is 44.7 Å². The summed E-state index contributed by atoms with van der Waals surface area (Å²) in [7, 11) is 2.02. The van der Waals surface area contributed by atoms with Gasteiger partial charge in [0.15, 0.2) is 11.6 Å². The average molecular weight is 375 g/mol. The molecular weight excluding hydrogens is 354 g/mol. The summed E-state index contributed by atoms with van der Waals surface area (Å²) in [5.74, 6) is -0.0316. The van der Waals surface area contributed by atoms with Crippen LogP contribution in [0.15, 0.2) is 42.5 Å². The van der Waals surface area contributed by atoms with Crippen LogP contribution in [0.3, 0.4) is 0 Å². The smallest absolute Gasteiger partial charge is 0.279 e. The van der Waals surface area contributed by atoms with Crippen LogP contribution in [0, 0.1) is 6.92 Å². The van der Waals surface area contributed by atoms with Gasteiger partial charge in [-0.15, -0.1) is 11.3 Å². The molecule has 1 heterocycles. The number of carbonyl (C=O) groups is 1. The fourth-order valence-electron chi connectivity index (χ4n) is 2.63. The molecule has 2 N–H and O–H groups in total. The summed E-state index contributed by atoms with van der Waals surface area (Å²) in [5, 5.41) is 4.65. The molecule has 0 saturated carbocycles. The van der Waals surface area contributed by atoms with Crippen molar-refractivity contribution in [1.29, 1.82) is 0 Å². The van der Waals surface area contributed by atoms with E-state index in [1.54, 1.807) is 11.3 Å². The Hall–Kier alpha value is -1.95. The third kappa shape index (κ3) is 4.00. The Bertz CT molecular complexity index is 876. The summed E-state index contributed by atoms with van der Waals surface area (Å²) in [6.07, 6.45) is 0. The lowest BCUT2D eigenvalue weighted by atomic mass is 10.2. The topological polar surface area (TPSA) is 46.4 Å². The molecule has 2 aromatic carbocycles. The SMILES string of the molecule is Cc1c(Cl)cccc1NC(=O)C[NH+](C)[C@H](C)c1nc2ccccc2s1. The van der Waals surface area contributed by atoms with E-state index in [0.717, 1.165) is 26.7 Å². The Balaban J connectivity index is 1.67. The minimum absolute atomic E-state index is 0.0316. The van der Waals surface area contributed by atoms with Gasteiger partial charge < -0.3 is 10.2 Å². The second-order valence-corrected chi connectivity index (χ2v) is 7.69. The fraction of sp³-hybridized carbons (Fsp3) is 0.263. The van der Waals surface area contributed by atoms with E-state index in [9.17, 15) is 4.79 Å². The van der Waals surface area contributed by atoms with E-state index in [1.807, 2.05) is 50.4 Å². The first-order valence-electron chi connectivity index (χ1n) is 8.18. The Morgan fingerprint density at radius 3 is 2.80 bits per heavy atom. The van der Waals surface area contributed by atoms with Gasteiger partial charge in [0, 0.05) is 10.7 Å². The second kappa shape index (κ2) is 7.52. The van der Waals surface area contributed by atoms with Gasteiger partial charge >= 0.3 is 0 Å². The van der Waals surface area contributed by atoms with Crippen LogP contribution in [0.2, 0.25) is 5.02 Å². The lowest BCUT2D eigenvalue weighted by Gasteiger charge is -2.19. The van der Waals surface area contributed by atoms with Gasteiger partial charge in [-0.2, -0.15) is 0 Å². The van der Waals surface area contributed by atoms with Gasteiger partial charge in [-0.05, 0) is 43.7 Å². The number of nitrogens with zero attached hydrogens (tertiary/aromatic N) is 1. The number of amides is 1. The van der Waals surface area contributed by atoms with E-state index in [-0.39, 0.29) is 11.9 Å². The monoisotopic (exact) mass is 374 g/mol. The van der Waals surface area contributed by atoms with Crippen molar-refractivity contribution in [3.63, 3.8) is 0 Å². The lowest BCUT2D eigenvalue weighted by Crippen LogP contribution is -3.10. The first-order valence-corrected chi connectivity index (χ1v) is 9.38. The maximum absolute atomic E-state index is 12.4. The van der Waals surface area contributed by atoms with Crippen molar-refractivity contribution < 1.29 is 9.69 Å². The number of aromatic nitrogens is 1. The Morgan fingerprint density at radius 2 is 2.04 bits per heavy atom. The largest absolute Gasteiger partial charge is 0.322 e. The standard InChI is InChI=1S/C19H20ClN3OS/c1-12-14(20)7-6-9-15(12)21-18(24)11-23(3)13(2)19-22-16-8-4-5-10-17(16)25-19/h4-10,13H,11H2,1-3H3,(H,21,24)/p+1/t13-/m1/s1. The Kier molecular flexibility index (Phi) is 5.37. The number of para-hydroxylation sites is 1. The third-order valence-corrected chi connectivity index (χ3v) is 6.03. The maximum Gasteiger partial charge on any atom is 0.279 e. The molecule has 0 saturated heterocycles. The average Bonchev–Trinajstić information content (AvgIpc) is 3.02. The second-order valence-electron chi connectivity index (χ2n) is 6.23. The molecule has 4 nitrogen and oxygen atoms in total. The van der Waals surface area contributed by atoms with Gasteiger partial charge in [0.2, 0.25) is 0 Å². The predicted molar refractivity (Wildman–Crippen MR) is 105 cm³/mol. The summed E-state index contributed by atoms with van der Waals surface area (Å²) in [5.41, 5.74) is 2.66. The molecule has 0 aliphatic rings. The van der Waals surface area contributed by atoms with Gasteiger partial charge in [-0.1, -0.05) is 29.8 Å². The van der Waals surface area contributed by atoms with Gasteiger partial charge in [-0.3, -0.25) is 4.79 Å². The number of nitrogens with one attached hydrogen (secondary N) is 2. The van der Waals surface area contributed by atoms with Crippen LogP contribution in [-0.4, -0.2) is 24.5 Å². The Morgan fingerprint density at radius 1 is 1.28 bits per heavy atom. The first kappa shape index (κ1) is 17.9. The van der Waals surface area contributed by atoms with Gasteiger partial charge in [0.1, 0.15) is 6.04 Å². The zero-order valence-electron chi connectivity index (χ0n) is 14.5. The van der Waals surface area contributed by atoms with Crippen molar-refractivity contribution in [2.75, 3.05) is 18.9 Å². The molecule has 0 bridgehead atoms. The molecule has 0 spiro atoms. The van der Waals surface area contributed by atoms with E-state index < -0.39 is 0 Å². The highest BCUT2D eigenvalue weighted by atomic mass is 35.5. The number of fused-ring (bicyclic) bond motifs is 1. The number of anilines is 1. The number of rotatable bonds is 5. The molecule has 3 aromatic rings. The van der Waals surface area contributed by atoms with Crippen LogP contribution >= 0.6 is 22.9 Å². The molecule has 0 aliphatic carbocycles. The normalized spacial score (nSPS) is 13.6. The first-order chi connectivity index (χ1) is 12.0. The van der Waals surface area contributed by atoms with Crippen molar-refractivity contribution in [3.8, 4) is 0 Å². The fourth-order valence-corrected chi connectivity index (χ4v) is 3.92. The van der Waals surface area contributed by atoms with Crippen LogP contribution in [0.1, 0.15) is 23.5 Å². The molecule has 2 atom stereocenters. The van der Waals surface area contributed by atoms with E-state index in [0.29, 0.717) is 11.6 Å². The zero-order chi connectivity index (χ0) is 18.0. The van der Waals surface area contributed by atoms with Crippen molar-refractivity contribution in [3.05, 3.63) is 58.1 Å². The molecule has 6 heteroatoms. The number of quaternary nitrogens is 1. The number of thiazole rings is 1. The minimum atomic E-state index is -0.0316. The van der Waals surface area contributed by atoms with Crippen LogP contribution in [-0.2, 0) is 4.79 Å². The number of halogens is 1. The molecule has 1 unspecified atom stereocenters. The summed E-state index contributed by atoms with van der Waals surface area (Å²) in [6, 6.07) is 13.8. The zero-order valence-corrected chi connectivity index (χ0v) is 16.0. The highest BCUT2D eigenvalue weighted by molar-refractivity contribution is 7.18. The molecule has 1 aromatic heterocycles. The van der Waals surface area contributed by atoms with Crippen LogP contribution in [0.5, 0.6) is 0 Å². The molecular formula is C19H21ClN3OS+. The molecule has 0 aliphatic heterocycles. The molecule has 25 heavy (non-hydrogen) atoms. The predicted octanol–water partition coefficient (Wildman–Crippen LogP) is 3.47. The van der Waals surface area contributed by atoms with Crippen LogP contribution in [0.25, 0.3) is 10.2 Å². The van der Waals surface area contributed by atoms with Crippen molar-refractivity contribution in [2.24, 2.45) is 0 Å². The number of benzene rings is 2.